The van der Waals surface area contributed by atoms with Crippen LogP contribution in [0, 0.1) is 6.92 Å². The average Bonchev–Trinajstić information content (AvgIpc) is 2.80. The summed E-state index contributed by atoms with van der Waals surface area (Å²) in [6, 6.07) is 4.64. The smallest absolute Gasteiger partial charge is 0.360 e. The zero-order valence-electron chi connectivity index (χ0n) is 10.8. The Balaban J connectivity index is 2.50. The van der Waals surface area contributed by atoms with Crippen LogP contribution < -0.4 is 4.74 Å². The number of phenols is 1. The normalized spacial score (nSPS) is 10.3. The molecule has 1 aromatic heterocycles. The van der Waals surface area contributed by atoms with Crippen LogP contribution in [0.15, 0.2) is 22.6 Å². The number of methoxy groups -OCH3 is 2. The monoisotopic (exact) mass is 263 g/mol. The van der Waals surface area contributed by atoms with Gasteiger partial charge in [0.25, 0.3) is 0 Å². The third-order valence-electron chi connectivity index (χ3n) is 2.61. The second-order valence-electron chi connectivity index (χ2n) is 3.80. The van der Waals surface area contributed by atoms with Crippen LogP contribution in [-0.2, 0) is 4.74 Å². The van der Waals surface area contributed by atoms with Crippen molar-refractivity contribution in [3.8, 4) is 23.0 Å². The molecule has 0 atom stereocenters. The summed E-state index contributed by atoms with van der Waals surface area (Å²) in [5.41, 5.74) is 0.428. The minimum Gasteiger partial charge on any atom is -0.507 e. The van der Waals surface area contributed by atoms with E-state index in [0.717, 1.165) is 0 Å². The Morgan fingerprint density at radius 2 is 2.11 bits per heavy atom. The molecular weight excluding hydrogens is 250 g/mol. The SMILES string of the molecule is COC(=O)c1nc(-c2cc(OC)ccc2O)oc1C. The van der Waals surface area contributed by atoms with Gasteiger partial charge in [0.05, 0.1) is 19.8 Å². The topological polar surface area (TPSA) is 81.8 Å². The van der Waals surface area contributed by atoms with E-state index in [0.29, 0.717) is 17.1 Å². The fourth-order valence-electron chi connectivity index (χ4n) is 1.61. The molecule has 2 rings (SSSR count). The number of carbonyl (C=O) groups is 1. The fraction of sp³-hybridized carbons (Fsp3) is 0.231. The Labute approximate surface area is 109 Å². The third-order valence-corrected chi connectivity index (χ3v) is 2.61. The average molecular weight is 263 g/mol. The van der Waals surface area contributed by atoms with Crippen LogP contribution in [0.5, 0.6) is 11.5 Å². The van der Waals surface area contributed by atoms with Crippen LogP contribution >= 0.6 is 0 Å². The molecule has 100 valence electrons. The maximum Gasteiger partial charge on any atom is 0.360 e. The number of nitrogens with zero attached hydrogens (tertiary/aromatic N) is 1. The number of phenolic OH excluding ortho intramolecular Hbond substituents is 1. The molecule has 6 nitrogen and oxygen atoms in total. The van der Waals surface area contributed by atoms with Gasteiger partial charge in [0.15, 0.2) is 5.69 Å². The summed E-state index contributed by atoms with van der Waals surface area (Å²) < 4.78 is 15.0. The zero-order chi connectivity index (χ0) is 14.0. The van der Waals surface area contributed by atoms with E-state index in [2.05, 4.69) is 9.72 Å². The van der Waals surface area contributed by atoms with E-state index >= 15 is 0 Å². The number of ether oxygens (including phenoxy) is 2. The molecule has 2 aromatic rings. The van der Waals surface area contributed by atoms with Gasteiger partial charge in [0.2, 0.25) is 5.89 Å². The number of carbonyl (C=O) groups excluding carboxylic acids is 1. The number of rotatable bonds is 3. The van der Waals surface area contributed by atoms with Crippen LogP contribution in [0.25, 0.3) is 11.5 Å². The second-order valence-corrected chi connectivity index (χ2v) is 3.80. The van der Waals surface area contributed by atoms with E-state index < -0.39 is 5.97 Å². The van der Waals surface area contributed by atoms with E-state index in [1.165, 1.54) is 20.3 Å². The molecule has 0 spiro atoms. The molecule has 0 aliphatic carbocycles. The molecule has 6 heteroatoms. The first kappa shape index (κ1) is 12.9. The van der Waals surface area contributed by atoms with Crippen molar-refractivity contribution in [3.63, 3.8) is 0 Å². The van der Waals surface area contributed by atoms with Gasteiger partial charge < -0.3 is 19.0 Å². The van der Waals surface area contributed by atoms with Crippen molar-refractivity contribution in [2.75, 3.05) is 14.2 Å². The summed E-state index contributed by atoms with van der Waals surface area (Å²) in [6.45, 7) is 1.60. The molecule has 0 saturated carbocycles. The largest absolute Gasteiger partial charge is 0.507 e. The third kappa shape index (κ3) is 2.37. The van der Waals surface area contributed by atoms with Crippen LogP contribution in [0.2, 0.25) is 0 Å². The van der Waals surface area contributed by atoms with Gasteiger partial charge in [-0.2, -0.15) is 0 Å². The highest BCUT2D eigenvalue weighted by Crippen LogP contribution is 2.33. The molecule has 0 amide bonds. The number of hydrogen-bond donors (Lipinski definition) is 1. The molecule has 1 aromatic carbocycles. The van der Waals surface area contributed by atoms with Crippen LogP contribution in [-0.4, -0.2) is 30.3 Å². The van der Waals surface area contributed by atoms with Crippen molar-refractivity contribution in [2.24, 2.45) is 0 Å². The lowest BCUT2D eigenvalue weighted by Gasteiger charge is -2.03. The Morgan fingerprint density at radius 1 is 1.37 bits per heavy atom. The van der Waals surface area contributed by atoms with Crippen molar-refractivity contribution in [2.45, 2.75) is 6.92 Å². The molecule has 0 fully saturated rings. The number of esters is 1. The fourth-order valence-corrected chi connectivity index (χ4v) is 1.61. The molecule has 0 saturated heterocycles. The van der Waals surface area contributed by atoms with E-state index in [1.54, 1.807) is 19.1 Å². The Hall–Kier alpha value is -2.50. The number of hydrogen-bond acceptors (Lipinski definition) is 6. The summed E-state index contributed by atoms with van der Waals surface area (Å²) >= 11 is 0. The Morgan fingerprint density at radius 3 is 2.74 bits per heavy atom. The van der Waals surface area contributed by atoms with E-state index in [-0.39, 0.29) is 17.3 Å². The number of aromatic nitrogens is 1. The van der Waals surface area contributed by atoms with Gasteiger partial charge >= 0.3 is 5.97 Å². The second kappa shape index (κ2) is 5.01. The van der Waals surface area contributed by atoms with Crippen LogP contribution in [0.1, 0.15) is 16.2 Å². The van der Waals surface area contributed by atoms with Crippen molar-refractivity contribution in [3.05, 3.63) is 29.7 Å². The van der Waals surface area contributed by atoms with Gasteiger partial charge in [-0.3, -0.25) is 0 Å². The summed E-state index contributed by atoms with van der Waals surface area (Å²) in [4.78, 5) is 15.5. The molecule has 1 heterocycles. The Bertz CT molecular complexity index is 617. The van der Waals surface area contributed by atoms with Crippen LogP contribution in [0.4, 0.5) is 0 Å². The Kier molecular flexibility index (Phi) is 3.41. The maximum atomic E-state index is 11.5. The van der Waals surface area contributed by atoms with E-state index in [9.17, 15) is 9.90 Å². The minimum absolute atomic E-state index is 0.0153. The molecule has 1 N–H and O–H groups in total. The lowest BCUT2D eigenvalue weighted by atomic mass is 10.2. The first-order valence-electron chi connectivity index (χ1n) is 5.50. The van der Waals surface area contributed by atoms with Gasteiger partial charge in [0.1, 0.15) is 17.3 Å². The first-order chi connectivity index (χ1) is 9.06. The summed E-state index contributed by atoms with van der Waals surface area (Å²) in [5.74, 6) is 0.398. The highest BCUT2D eigenvalue weighted by atomic mass is 16.5. The molecule has 0 bridgehead atoms. The van der Waals surface area contributed by atoms with Gasteiger partial charge in [-0.15, -0.1) is 0 Å². The highest BCUT2D eigenvalue weighted by Gasteiger charge is 2.20. The number of aromatic hydroxyl groups is 1. The quantitative estimate of drug-likeness (QED) is 0.854. The first-order valence-corrected chi connectivity index (χ1v) is 5.50. The highest BCUT2D eigenvalue weighted by molar-refractivity contribution is 5.89. The van der Waals surface area contributed by atoms with E-state index in [1.807, 2.05) is 0 Å². The van der Waals surface area contributed by atoms with Gasteiger partial charge in [-0.25, -0.2) is 9.78 Å². The zero-order valence-corrected chi connectivity index (χ0v) is 10.8. The molecule has 0 aliphatic rings. The number of aryl methyl sites for hydroxylation is 1. The standard InChI is InChI=1S/C13H13NO5/c1-7-11(13(16)18-3)14-12(19-7)9-6-8(17-2)4-5-10(9)15/h4-6,15H,1-3H3. The summed E-state index contributed by atoms with van der Waals surface area (Å²) in [7, 11) is 2.77. The van der Waals surface area contributed by atoms with Crippen molar-refractivity contribution < 1.29 is 23.8 Å². The van der Waals surface area contributed by atoms with Gasteiger partial charge in [-0.1, -0.05) is 0 Å². The predicted molar refractivity (Wildman–Crippen MR) is 66.2 cm³/mol. The molecule has 19 heavy (non-hydrogen) atoms. The van der Waals surface area contributed by atoms with Crippen molar-refractivity contribution in [1.82, 2.24) is 4.98 Å². The maximum absolute atomic E-state index is 11.5. The van der Waals surface area contributed by atoms with Gasteiger partial charge in [0, 0.05) is 0 Å². The molecule has 0 unspecified atom stereocenters. The molecule has 0 aliphatic heterocycles. The summed E-state index contributed by atoms with van der Waals surface area (Å²) in [6.07, 6.45) is 0. The van der Waals surface area contributed by atoms with E-state index in [4.69, 9.17) is 9.15 Å². The van der Waals surface area contributed by atoms with Crippen LogP contribution in [0.3, 0.4) is 0 Å². The predicted octanol–water partition coefficient (Wildman–Crippen LogP) is 2.15. The summed E-state index contributed by atoms with van der Waals surface area (Å²) in [5, 5.41) is 9.81. The number of oxazole rings is 1. The number of benzene rings is 1. The molecular formula is C13H13NO5. The lowest BCUT2D eigenvalue weighted by Crippen LogP contribution is -2.03. The minimum atomic E-state index is -0.588. The van der Waals surface area contributed by atoms with Gasteiger partial charge in [-0.05, 0) is 25.1 Å². The lowest BCUT2D eigenvalue weighted by molar-refractivity contribution is 0.0593. The van der Waals surface area contributed by atoms with Crippen molar-refractivity contribution >= 4 is 5.97 Å². The van der Waals surface area contributed by atoms with Crippen molar-refractivity contribution in [1.29, 1.82) is 0 Å². The molecule has 0 radical (unpaired) electrons.